The highest BCUT2D eigenvalue weighted by atomic mass is 15.3. The van der Waals surface area contributed by atoms with E-state index >= 15 is 0 Å². The van der Waals surface area contributed by atoms with Crippen molar-refractivity contribution < 1.29 is 0 Å². The van der Waals surface area contributed by atoms with E-state index in [1.165, 1.54) is 10.9 Å². The van der Waals surface area contributed by atoms with E-state index in [2.05, 4.69) is 29.1 Å². The highest BCUT2D eigenvalue weighted by molar-refractivity contribution is 5.81. The van der Waals surface area contributed by atoms with Crippen LogP contribution in [0.2, 0.25) is 0 Å². The molecule has 16 heavy (non-hydrogen) atoms. The topological polar surface area (TPSA) is 29.9 Å². The van der Waals surface area contributed by atoms with Crippen LogP contribution in [0.4, 0.5) is 0 Å². The van der Waals surface area contributed by atoms with Crippen LogP contribution in [-0.4, -0.2) is 16.3 Å². The van der Waals surface area contributed by atoms with Crippen molar-refractivity contribution in [2.75, 3.05) is 6.54 Å². The van der Waals surface area contributed by atoms with E-state index in [-0.39, 0.29) is 0 Å². The normalized spacial score (nSPS) is 10.9. The maximum absolute atomic E-state index is 4.51. The molecule has 0 spiro atoms. The lowest BCUT2D eigenvalue weighted by Gasteiger charge is -2.01. The molecule has 0 amide bonds. The number of rotatable bonds is 4. The summed E-state index contributed by atoms with van der Waals surface area (Å²) in [4.78, 5) is 0. The fraction of sp³-hybridized carbons (Fsp3) is 0.308. The molecule has 0 fully saturated rings. The van der Waals surface area contributed by atoms with Crippen LogP contribution in [0.1, 0.15) is 12.6 Å². The Labute approximate surface area is 95.8 Å². The molecule has 2 rings (SSSR count). The van der Waals surface area contributed by atoms with E-state index < -0.39 is 0 Å². The Kier molecular flexibility index (Phi) is 3.06. The van der Waals surface area contributed by atoms with Crippen LogP contribution in [0.5, 0.6) is 0 Å². The Hall–Kier alpha value is -1.61. The minimum atomic E-state index is 0.786. The molecule has 0 aliphatic rings. The van der Waals surface area contributed by atoms with E-state index in [9.17, 15) is 0 Å². The number of nitrogens with one attached hydrogen (secondary N) is 1. The SMILES string of the molecule is C=C(C)CNCc1nn(C)c2ccccc12. The summed E-state index contributed by atoms with van der Waals surface area (Å²) in [5.41, 5.74) is 3.41. The third-order valence-electron chi connectivity index (χ3n) is 2.55. The van der Waals surface area contributed by atoms with Gasteiger partial charge in [-0.25, -0.2) is 0 Å². The molecule has 0 radical (unpaired) electrons. The van der Waals surface area contributed by atoms with Gasteiger partial charge in [-0.3, -0.25) is 4.68 Å². The monoisotopic (exact) mass is 215 g/mol. The van der Waals surface area contributed by atoms with Gasteiger partial charge >= 0.3 is 0 Å². The van der Waals surface area contributed by atoms with Crippen molar-refractivity contribution in [1.82, 2.24) is 15.1 Å². The number of benzene rings is 1. The molecule has 1 aromatic carbocycles. The maximum Gasteiger partial charge on any atom is 0.0841 e. The predicted octanol–water partition coefficient (Wildman–Crippen LogP) is 2.24. The lowest BCUT2D eigenvalue weighted by Crippen LogP contribution is -2.15. The molecule has 84 valence electrons. The average molecular weight is 215 g/mol. The summed E-state index contributed by atoms with van der Waals surface area (Å²) < 4.78 is 1.92. The molecule has 1 N–H and O–H groups in total. The summed E-state index contributed by atoms with van der Waals surface area (Å²) in [5.74, 6) is 0. The summed E-state index contributed by atoms with van der Waals surface area (Å²) in [6, 6.07) is 8.28. The molecule has 0 bridgehead atoms. The molecule has 3 nitrogen and oxygen atoms in total. The molecular formula is C13H17N3. The average Bonchev–Trinajstić information content (AvgIpc) is 2.57. The molecule has 0 saturated carbocycles. The van der Waals surface area contributed by atoms with Crippen LogP contribution in [0.15, 0.2) is 36.4 Å². The van der Waals surface area contributed by atoms with Crippen LogP contribution in [0.3, 0.4) is 0 Å². The number of hydrogen-bond donors (Lipinski definition) is 1. The van der Waals surface area contributed by atoms with Crippen molar-refractivity contribution in [3.8, 4) is 0 Å². The zero-order valence-corrected chi connectivity index (χ0v) is 9.83. The third kappa shape index (κ3) is 2.14. The minimum absolute atomic E-state index is 0.786. The number of nitrogens with zero attached hydrogens (tertiary/aromatic N) is 2. The van der Waals surface area contributed by atoms with E-state index in [1.807, 2.05) is 30.8 Å². The summed E-state index contributed by atoms with van der Waals surface area (Å²) >= 11 is 0. The molecule has 0 saturated heterocycles. The van der Waals surface area contributed by atoms with Gasteiger partial charge in [-0.1, -0.05) is 30.4 Å². The molecule has 0 aliphatic carbocycles. The van der Waals surface area contributed by atoms with Gasteiger partial charge in [0.05, 0.1) is 11.2 Å². The van der Waals surface area contributed by atoms with Gasteiger partial charge in [-0.15, -0.1) is 0 Å². The first-order valence-corrected chi connectivity index (χ1v) is 5.44. The number of aromatic nitrogens is 2. The number of para-hydroxylation sites is 1. The van der Waals surface area contributed by atoms with Crippen molar-refractivity contribution >= 4 is 10.9 Å². The highest BCUT2D eigenvalue weighted by Gasteiger charge is 2.06. The van der Waals surface area contributed by atoms with Crippen LogP contribution in [0.25, 0.3) is 10.9 Å². The van der Waals surface area contributed by atoms with Crippen molar-refractivity contribution in [3.63, 3.8) is 0 Å². The molecule has 1 aromatic heterocycles. The number of fused-ring (bicyclic) bond motifs is 1. The third-order valence-corrected chi connectivity index (χ3v) is 2.55. The molecular weight excluding hydrogens is 198 g/mol. The smallest absolute Gasteiger partial charge is 0.0841 e. The van der Waals surface area contributed by atoms with E-state index in [0.717, 1.165) is 24.4 Å². The Morgan fingerprint density at radius 3 is 2.94 bits per heavy atom. The fourth-order valence-electron chi connectivity index (χ4n) is 1.81. The largest absolute Gasteiger partial charge is 0.307 e. The van der Waals surface area contributed by atoms with Crippen molar-refractivity contribution in [1.29, 1.82) is 0 Å². The molecule has 1 heterocycles. The van der Waals surface area contributed by atoms with Crippen LogP contribution in [0, 0.1) is 0 Å². The van der Waals surface area contributed by atoms with Crippen molar-refractivity contribution in [2.24, 2.45) is 7.05 Å². The lowest BCUT2D eigenvalue weighted by atomic mass is 10.2. The highest BCUT2D eigenvalue weighted by Crippen LogP contribution is 2.16. The predicted molar refractivity (Wildman–Crippen MR) is 67.2 cm³/mol. The van der Waals surface area contributed by atoms with E-state index in [4.69, 9.17) is 0 Å². The first-order chi connectivity index (χ1) is 7.68. The number of hydrogen-bond acceptors (Lipinski definition) is 2. The van der Waals surface area contributed by atoms with Gasteiger partial charge in [0.2, 0.25) is 0 Å². The second kappa shape index (κ2) is 4.49. The molecule has 2 aromatic rings. The second-order valence-corrected chi connectivity index (χ2v) is 4.15. The fourth-order valence-corrected chi connectivity index (χ4v) is 1.81. The standard InChI is InChI=1S/C13H17N3/c1-10(2)8-14-9-12-11-6-4-5-7-13(11)16(3)15-12/h4-7,14H,1,8-9H2,2-3H3. The van der Waals surface area contributed by atoms with Crippen LogP contribution < -0.4 is 5.32 Å². The van der Waals surface area contributed by atoms with Gasteiger partial charge in [-0.05, 0) is 13.0 Å². The zero-order chi connectivity index (χ0) is 11.5. The van der Waals surface area contributed by atoms with Gasteiger partial charge in [0.15, 0.2) is 0 Å². The first kappa shape index (κ1) is 10.9. The Bertz CT molecular complexity index is 511. The summed E-state index contributed by atoms with van der Waals surface area (Å²) in [6.45, 7) is 7.51. The summed E-state index contributed by atoms with van der Waals surface area (Å²) in [5, 5.41) is 9.06. The molecule has 3 heteroatoms. The van der Waals surface area contributed by atoms with Gasteiger partial charge in [0.25, 0.3) is 0 Å². The maximum atomic E-state index is 4.51. The van der Waals surface area contributed by atoms with E-state index in [0.29, 0.717) is 0 Å². The van der Waals surface area contributed by atoms with Gasteiger partial charge in [0.1, 0.15) is 0 Å². The molecule has 0 aliphatic heterocycles. The van der Waals surface area contributed by atoms with Gasteiger partial charge < -0.3 is 5.32 Å². The Balaban J connectivity index is 2.21. The summed E-state index contributed by atoms with van der Waals surface area (Å²) in [6.07, 6.45) is 0. The molecule has 0 unspecified atom stereocenters. The van der Waals surface area contributed by atoms with E-state index in [1.54, 1.807) is 0 Å². The van der Waals surface area contributed by atoms with Gasteiger partial charge in [-0.2, -0.15) is 5.10 Å². The lowest BCUT2D eigenvalue weighted by molar-refractivity contribution is 0.693. The van der Waals surface area contributed by atoms with Crippen LogP contribution in [-0.2, 0) is 13.6 Å². The zero-order valence-electron chi connectivity index (χ0n) is 9.83. The quantitative estimate of drug-likeness (QED) is 0.793. The Morgan fingerprint density at radius 1 is 1.44 bits per heavy atom. The van der Waals surface area contributed by atoms with Crippen LogP contribution >= 0.6 is 0 Å². The summed E-state index contributed by atoms with van der Waals surface area (Å²) in [7, 11) is 1.98. The van der Waals surface area contributed by atoms with Crippen molar-refractivity contribution in [2.45, 2.75) is 13.5 Å². The number of aryl methyl sites for hydroxylation is 1. The minimum Gasteiger partial charge on any atom is -0.307 e. The Morgan fingerprint density at radius 2 is 2.19 bits per heavy atom. The first-order valence-electron chi connectivity index (χ1n) is 5.44. The van der Waals surface area contributed by atoms with Crippen molar-refractivity contribution in [3.05, 3.63) is 42.1 Å². The van der Waals surface area contributed by atoms with Gasteiger partial charge in [0, 0.05) is 25.5 Å². The molecule has 0 atom stereocenters. The second-order valence-electron chi connectivity index (χ2n) is 4.15.